The van der Waals surface area contributed by atoms with Crippen LogP contribution in [0.15, 0.2) is 0 Å². The van der Waals surface area contributed by atoms with Crippen molar-refractivity contribution < 1.29 is 14.3 Å². The molecule has 0 atom stereocenters. The molecule has 3 nitrogen and oxygen atoms in total. The van der Waals surface area contributed by atoms with Gasteiger partial charge in [0, 0.05) is 19.6 Å². The van der Waals surface area contributed by atoms with Gasteiger partial charge < -0.3 is 9.47 Å². The van der Waals surface area contributed by atoms with Gasteiger partial charge in [-0.15, -0.1) is 0 Å². The first kappa shape index (κ1) is 36.4. The number of hydrogen-bond acceptors (Lipinski definition) is 3. The molecule has 0 aromatic rings. The first-order valence-corrected chi connectivity index (χ1v) is 17.0. The van der Waals surface area contributed by atoms with E-state index in [4.69, 9.17) is 9.47 Å². The summed E-state index contributed by atoms with van der Waals surface area (Å²) in [5.41, 5.74) is 0. The number of esters is 1. The number of cyclic esters (lactones) is 1. The van der Waals surface area contributed by atoms with Crippen molar-refractivity contribution in [2.45, 2.75) is 194 Å². The summed E-state index contributed by atoms with van der Waals surface area (Å²) in [6.07, 6.45) is 37.9. The molecule has 0 aromatic carbocycles. The Labute approximate surface area is 233 Å². The minimum Gasteiger partial charge on any atom is -0.466 e. The van der Waals surface area contributed by atoms with Gasteiger partial charge in [0.2, 0.25) is 0 Å². The second-order valence-electron chi connectivity index (χ2n) is 11.4. The summed E-state index contributed by atoms with van der Waals surface area (Å²) in [7, 11) is 0. The summed E-state index contributed by atoms with van der Waals surface area (Å²) in [5.74, 6) is -0.0255. The molecule has 0 bridgehead atoms. The molecule has 0 N–H and O–H groups in total. The Morgan fingerprint density at radius 3 is 1.22 bits per heavy atom. The van der Waals surface area contributed by atoms with Crippen LogP contribution in [0.2, 0.25) is 0 Å². The first-order chi connectivity index (χ1) is 18.3. The van der Waals surface area contributed by atoms with Crippen LogP contribution < -0.4 is 0 Å². The lowest BCUT2D eigenvalue weighted by Crippen LogP contribution is -2.00. The average molecular weight is 525 g/mol. The highest BCUT2D eigenvalue weighted by Gasteiger charge is 2.05. The first-order valence-electron chi connectivity index (χ1n) is 17.0. The van der Waals surface area contributed by atoms with E-state index in [-0.39, 0.29) is 5.97 Å². The molecule has 0 amide bonds. The Morgan fingerprint density at radius 1 is 0.486 bits per heavy atom. The SMILES string of the molecule is CCCCCCCCCCCCCCOCCCCCCCCCCCCCC.O=C1CCCCCO1. The number of carbonyl (C=O) groups is 1. The normalized spacial score (nSPS) is 13.6. The van der Waals surface area contributed by atoms with Gasteiger partial charge >= 0.3 is 5.97 Å². The van der Waals surface area contributed by atoms with E-state index in [9.17, 15) is 4.79 Å². The van der Waals surface area contributed by atoms with Crippen molar-refractivity contribution in [1.82, 2.24) is 0 Å². The zero-order chi connectivity index (χ0) is 26.9. The van der Waals surface area contributed by atoms with Crippen LogP contribution in [0.3, 0.4) is 0 Å². The molecule has 1 fully saturated rings. The lowest BCUT2D eigenvalue weighted by atomic mass is 10.1. The Balaban J connectivity index is 0.00000136. The maximum atomic E-state index is 10.5. The number of hydrogen-bond donors (Lipinski definition) is 0. The van der Waals surface area contributed by atoms with Crippen LogP contribution in [-0.2, 0) is 14.3 Å². The smallest absolute Gasteiger partial charge is 0.305 e. The van der Waals surface area contributed by atoms with Crippen molar-refractivity contribution in [3.8, 4) is 0 Å². The lowest BCUT2D eigenvalue weighted by Gasteiger charge is -2.05. The Hall–Kier alpha value is -0.570. The topological polar surface area (TPSA) is 35.5 Å². The second kappa shape index (κ2) is 33.5. The predicted molar refractivity (Wildman–Crippen MR) is 162 cm³/mol. The van der Waals surface area contributed by atoms with E-state index in [0.717, 1.165) is 32.5 Å². The van der Waals surface area contributed by atoms with E-state index in [2.05, 4.69) is 13.8 Å². The van der Waals surface area contributed by atoms with Crippen LogP contribution >= 0.6 is 0 Å². The Morgan fingerprint density at radius 2 is 0.838 bits per heavy atom. The third-order valence-electron chi connectivity index (χ3n) is 7.57. The molecule has 3 heteroatoms. The molecule has 0 radical (unpaired) electrons. The summed E-state index contributed by atoms with van der Waals surface area (Å²) >= 11 is 0. The van der Waals surface area contributed by atoms with E-state index in [1.54, 1.807) is 0 Å². The van der Waals surface area contributed by atoms with Crippen molar-refractivity contribution in [2.24, 2.45) is 0 Å². The molecule has 222 valence electrons. The van der Waals surface area contributed by atoms with Crippen LogP contribution in [0.1, 0.15) is 194 Å². The number of ether oxygens (including phenoxy) is 2. The van der Waals surface area contributed by atoms with E-state index < -0.39 is 0 Å². The van der Waals surface area contributed by atoms with Gasteiger partial charge in [0.25, 0.3) is 0 Å². The van der Waals surface area contributed by atoms with E-state index in [1.165, 1.54) is 154 Å². The molecular formula is C34H68O3. The fourth-order valence-corrected chi connectivity index (χ4v) is 5.00. The van der Waals surface area contributed by atoms with Gasteiger partial charge in [0.15, 0.2) is 0 Å². The quantitative estimate of drug-likeness (QED) is 0.0833. The van der Waals surface area contributed by atoms with Crippen LogP contribution in [-0.4, -0.2) is 25.8 Å². The molecule has 1 aliphatic heterocycles. The standard InChI is InChI=1S/C28H58O.C6H10O2/c1-3-5-7-9-11-13-15-17-19-21-23-25-27-29-28-26-24-22-20-18-16-14-12-10-8-6-4-2;7-6-4-2-1-3-5-8-6/h3-28H2,1-2H3;1-5H2. The molecule has 1 rings (SSSR count). The second-order valence-corrected chi connectivity index (χ2v) is 11.4. The number of carbonyl (C=O) groups excluding carboxylic acids is 1. The van der Waals surface area contributed by atoms with Crippen molar-refractivity contribution in [2.75, 3.05) is 19.8 Å². The van der Waals surface area contributed by atoms with Crippen LogP contribution in [0.25, 0.3) is 0 Å². The average Bonchev–Trinajstić information content (AvgIpc) is 3.16. The minimum absolute atomic E-state index is 0.0255. The van der Waals surface area contributed by atoms with Gasteiger partial charge in [-0.2, -0.15) is 0 Å². The molecule has 0 aliphatic carbocycles. The summed E-state index contributed by atoms with van der Waals surface area (Å²) in [4.78, 5) is 10.5. The molecule has 1 heterocycles. The molecule has 0 saturated carbocycles. The summed E-state index contributed by atoms with van der Waals surface area (Å²) < 4.78 is 10.6. The zero-order valence-electron chi connectivity index (χ0n) is 25.6. The highest BCUT2D eigenvalue weighted by molar-refractivity contribution is 5.69. The molecule has 0 unspecified atom stereocenters. The van der Waals surface area contributed by atoms with E-state index >= 15 is 0 Å². The maximum absolute atomic E-state index is 10.5. The van der Waals surface area contributed by atoms with Gasteiger partial charge in [0.05, 0.1) is 6.61 Å². The van der Waals surface area contributed by atoms with Crippen LogP contribution in [0.4, 0.5) is 0 Å². The fourth-order valence-electron chi connectivity index (χ4n) is 5.00. The zero-order valence-corrected chi connectivity index (χ0v) is 25.6. The van der Waals surface area contributed by atoms with Crippen molar-refractivity contribution in [3.05, 3.63) is 0 Å². The summed E-state index contributed by atoms with van der Waals surface area (Å²) in [6, 6.07) is 0. The molecule has 1 aliphatic rings. The van der Waals surface area contributed by atoms with Gasteiger partial charge in [-0.1, -0.05) is 155 Å². The molecule has 0 spiro atoms. The summed E-state index contributed by atoms with van der Waals surface area (Å²) in [5, 5.41) is 0. The van der Waals surface area contributed by atoms with Gasteiger partial charge in [-0.3, -0.25) is 4.79 Å². The molecule has 0 aromatic heterocycles. The Kier molecular flexibility index (Phi) is 32.9. The molecular weight excluding hydrogens is 456 g/mol. The van der Waals surface area contributed by atoms with Gasteiger partial charge in [-0.25, -0.2) is 0 Å². The monoisotopic (exact) mass is 525 g/mol. The largest absolute Gasteiger partial charge is 0.466 e. The van der Waals surface area contributed by atoms with Crippen molar-refractivity contribution in [3.63, 3.8) is 0 Å². The number of rotatable bonds is 26. The van der Waals surface area contributed by atoms with Gasteiger partial charge in [0.1, 0.15) is 0 Å². The third-order valence-corrected chi connectivity index (χ3v) is 7.57. The van der Waals surface area contributed by atoms with Gasteiger partial charge in [-0.05, 0) is 32.1 Å². The highest BCUT2D eigenvalue weighted by atomic mass is 16.5. The van der Waals surface area contributed by atoms with E-state index in [1.807, 2.05) is 0 Å². The lowest BCUT2D eigenvalue weighted by molar-refractivity contribution is -0.142. The highest BCUT2D eigenvalue weighted by Crippen LogP contribution is 2.13. The molecule has 37 heavy (non-hydrogen) atoms. The predicted octanol–water partition coefficient (Wildman–Crippen LogP) is 11.5. The molecule has 1 saturated heterocycles. The summed E-state index contributed by atoms with van der Waals surface area (Å²) in [6.45, 7) is 7.22. The van der Waals surface area contributed by atoms with Crippen LogP contribution in [0.5, 0.6) is 0 Å². The number of unbranched alkanes of at least 4 members (excludes halogenated alkanes) is 22. The van der Waals surface area contributed by atoms with E-state index in [0.29, 0.717) is 13.0 Å². The Bertz CT molecular complexity index is 387. The fraction of sp³-hybridized carbons (Fsp3) is 0.971. The van der Waals surface area contributed by atoms with Crippen LogP contribution in [0, 0.1) is 0 Å². The third kappa shape index (κ3) is 33.4. The van der Waals surface area contributed by atoms with Crippen molar-refractivity contribution in [1.29, 1.82) is 0 Å². The maximum Gasteiger partial charge on any atom is 0.305 e. The van der Waals surface area contributed by atoms with Crippen molar-refractivity contribution >= 4 is 5.97 Å². The minimum atomic E-state index is -0.0255.